The zero-order chi connectivity index (χ0) is 16.4. The van der Waals surface area contributed by atoms with Gasteiger partial charge in [-0.2, -0.15) is 0 Å². The van der Waals surface area contributed by atoms with Gasteiger partial charge < -0.3 is 5.32 Å². The molecule has 0 aliphatic carbocycles. The zero-order valence-electron chi connectivity index (χ0n) is 12.1. The minimum atomic E-state index is -0.225. The number of hydrogen-bond donors (Lipinski definition) is 1. The van der Waals surface area contributed by atoms with E-state index in [1.807, 2.05) is 24.4 Å². The molecule has 1 N–H and O–H groups in total. The second-order valence-electron chi connectivity index (χ2n) is 4.81. The van der Waals surface area contributed by atoms with Gasteiger partial charge in [-0.3, -0.25) is 4.79 Å². The highest BCUT2D eigenvalue weighted by atomic mass is 35.5. The number of aromatic nitrogens is 1. The summed E-state index contributed by atoms with van der Waals surface area (Å²) in [6.07, 6.45) is 0. The molecule has 0 spiro atoms. The van der Waals surface area contributed by atoms with Crippen LogP contribution >= 0.6 is 45.9 Å². The lowest BCUT2D eigenvalue weighted by molar-refractivity contribution is 0.0951. The molecule has 118 valence electrons. The summed E-state index contributed by atoms with van der Waals surface area (Å²) in [4.78, 5) is 19.0. The van der Waals surface area contributed by atoms with E-state index < -0.39 is 0 Å². The van der Waals surface area contributed by atoms with Crippen molar-refractivity contribution < 1.29 is 4.79 Å². The fourth-order valence-corrected chi connectivity index (χ4v) is 4.32. The summed E-state index contributed by atoms with van der Waals surface area (Å²) < 4.78 is 0. The molecule has 0 fully saturated rings. The van der Waals surface area contributed by atoms with Crippen LogP contribution in [0, 0.1) is 6.92 Å². The number of nitrogens with zero attached hydrogens (tertiary/aromatic N) is 1. The SMILES string of the molecule is Cc1nc(-c2cccs2)sc1CNC(=O)c1ccc(Cl)cc1Cl. The van der Waals surface area contributed by atoms with Crippen LogP contribution in [-0.2, 0) is 6.54 Å². The number of amides is 1. The summed E-state index contributed by atoms with van der Waals surface area (Å²) >= 11 is 15.1. The number of halogens is 2. The third kappa shape index (κ3) is 3.75. The number of rotatable bonds is 4. The fourth-order valence-electron chi connectivity index (χ4n) is 2.03. The maximum atomic E-state index is 12.2. The normalized spacial score (nSPS) is 10.7. The van der Waals surface area contributed by atoms with Crippen molar-refractivity contribution in [1.82, 2.24) is 10.3 Å². The van der Waals surface area contributed by atoms with E-state index in [1.54, 1.807) is 40.9 Å². The Balaban J connectivity index is 1.72. The van der Waals surface area contributed by atoms with E-state index >= 15 is 0 Å². The second-order valence-corrected chi connectivity index (χ2v) is 7.69. The predicted molar refractivity (Wildman–Crippen MR) is 97.8 cm³/mol. The fraction of sp³-hybridized carbons (Fsp3) is 0.125. The molecule has 2 aromatic heterocycles. The highest BCUT2D eigenvalue weighted by Crippen LogP contribution is 2.31. The monoisotopic (exact) mass is 382 g/mol. The first-order valence-corrected chi connectivity index (χ1v) is 9.23. The minimum Gasteiger partial charge on any atom is -0.347 e. The van der Waals surface area contributed by atoms with Crippen molar-refractivity contribution >= 4 is 51.8 Å². The highest BCUT2D eigenvalue weighted by Gasteiger charge is 2.14. The molecule has 1 amide bonds. The van der Waals surface area contributed by atoms with Crippen LogP contribution in [0.5, 0.6) is 0 Å². The minimum absolute atomic E-state index is 0.225. The first-order chi connectivity index (χ1) is 11.0. The first kappa shape index (κ1) is 16.5. The van der Waals surface area contributed by atoms with E-state index in [0.29, 0.717) is 22.2 Å². The molecule has 0 atom stereocenters. The Morgan fingerprint density at radius 1 is 1.30 bits per heavy atom. The number of thiophene rings is 1. The highest BCUT2D eigenvalue weighted by molar-refractivity contribution is 7.21. The lowest BCUT2D eigenvalue weighted by atomic mass is 10.2. The van der Waals surface area contributed by atoms with Gasteiger partial charge in [-0.1, -0.05) is 29.3 Å². The van der Waals surface area contributed by atoms with Crippen molar-refractivity contribution in [3.63, 3.8) is 0 Å². The van der Waals surface area contributed by atoms with Gasteiger partial charge in [-0.25, -0.2) is 4.98 Å². The van der Waals surface area contributed by atoms with Crippen LogP contribution in [0.2, 0.25) is 10.0 Å². The molecule has 0 unspecified atom stereocenters. The van der Waals surface area contributed by atoms with Gasteiger partial charge in [-0.05, 0) is 36.6 Å². The molecule has 3 nitrogen and oxygen atoms in total. The Morgan fingerprint density at radius 2 is 2.13 bits per heavy atom. The summed E-state index contributed by atoms with van der Waals surface area (Å²) in [7, 11) is 0. The van der Waals surface area contributed by atoms with Crippen LogP contribution in [0.4, 0.5) is 0 Å². The number of carbonyl (C=O) groups is 1. The number of aryl methyl sites for hydroxylation is 1. The van der Waals surface area contributed by atoms with Crippen LogP contribution in [0.25, 0.3) is 9.88 Å². The molecule has 3 rings (SSSR count). The molecule has 0 saturated carbocycles. The average Bonchev–Trinajstić information content (AvgIpc) is 3.14. The molecule has 0 aliphatic rings. The molecule has 2 heterocycles. The quantitative estimate of drug-likeness (QED) is 0.654. The third-order valence-corrected chi connectivity index (χ3v) is 5.95. The number of hydrogen-bond acceptors (Lipinski definition) is 4. The maximum Gasteiger partial charge on any atom is 0.253 e. The van der Waals surface area contributed by atoms with E-state index in [9.17, 15) is 4.79 Å². The molecule has 0 aliphatic heterocycles. The van der Waals surface area contributed by atoms with Crippen LogP contribution in [0.1, 0.15) is 20.9 Å². The Hall–Kier alpha value is -1.40. The van der Waals surface area contributed by atoms with Gasteiger partial charge in [0.1, 0.15) is 5.01 Å². The maximum absolute atomic E-state index is 12.2. The van der Waals surface area contributed by atoms with E-state index in [-0.39, 0.29) is 5.91 Å². The van der Waals surface area contributed by atoms with Crippen molar-refractivity contribution in [3.05, 3.63) is 61.9 Å². The van der Waals surface area contributed by atoms with E-state index in [2.05, 4.69) is 10.3 Å². The average molecular weight is 383 g/mol. The van der Waals surface area contributed by atoms with Crippen LogP contribution in [-0.4, -0.2) is 10.9 Å². The Bertz CT molecular complexity index is 844. The van der Waals surface area contributed by atoms with Gasteiger partial charge in [0.05, 0.1) is 27.7 Å². The Labute approximate surface area is 151 Å². The molecular weight excluding hydrogens is 371 g/mol. The smallest absolute Gasteiger partial charge is 0.253 e. The van der Waals surface area contributed by atoms with Crippen molar-refractivity contribution in [2.75, 3.05) is 0 Å². The molecule has 0 saturated heterocycles. The summed E-state index contributed by atoms with van der Waals surface area (Å²) in [5.41, 5.74) is 1.35. The first-order valence-electron chi connectivity index (χ1n) is 6.78. The van der Waals surface area contributed by atoms with Gasteiger partial charge in [-0.15, -0.1) is 22.7 Å². The molecule has 7 heteroatoms. The van der Waals surface area contributed by atoms with E-state index in [0.717, 1.165) is 20.5 Å². The van der Waals surface area contributed by atoms with Crippen molar-refractivity contribution in [3.8, 4) is 9.88 Å². The van der Waals surface area contributed by atoms with E-state index in [1.165, 1.54) is 0 Å². The molecule has 1 aromatic carbocycles. The largest absolute Gasteiger partial charge is 0.347 e. The van der Waals surface area contributed by atoms with Gasteiger partial charge in [0.15, 0.2) is 0 Å². The summed E-state index contributed by atoms with van der Waals surface area (Å²) in [5, 5.41) is 6.73. The number of nitrogens with one attached hydrogen (secondary N) is 1. The number of carbonyl (C=O) groups excluding carboxylic acids is 1. The summed E-state index contributed by atoms with van der Waals surface area (Å²) in [6.45, 7) is 2.37. The van der Waals surface area contributed by atoms with Gasteiger partial charge in [0.25, 0.3) is 5.91 Å². The molecule has 0 radical (unpaired) electrons. The van der Waals surface area contributed by atoms with Gasteiger partial charge >= 0.3 is 0 Å². The van der Waals surface area contributed by atoms with Crippen molar-refractivity contribution in [1.29, 1.82) is 0 Å². The Morgan fingerprint density at radius 3 is 2.83 bits per heavy atom. The summed E-state index contributed by atoms with van der Waals surface area (Å²) in [6, 6.07) is 8.87. The Kier molecular flexibility index (Phi) is 5.02. The number of thiazole rings is 1. The standard InChI is InChI=1S/C16H12Cl2N2OS2/c1-9-14(23-16(20-9)13-3-2-6-22-13)8-19-15(21)11-5-4-10(17)7-12(11)18/h2-7H,8H2,1H3,(H,19,21). The van der Waals surface area contributed by atoms with Crippen molar-refractivity contribution in [2.45, 2.75) is 13.5 Å². The third-order valence-electron chi connectivity index (χ3n) is 3.21. The van der Waals surface area contributed by atoms with E-state index in [4.69, 9.17) is 23.2 Å². The van der Waals surface area contributed by atoms with Crippen molar-refractivity contribution in [2.24, 2.45) is 0 Å². The van der Waals surface area contributed by atoms with Crippen LogP contribution in [0.3, 0.4) is 0 Å². The topological polar surface area (TPSA) is 42.0 Å². The van der Waals surface area contributed by atoms with Crippen LogP contribution in [0.15, 0.2) is 35.7 Å². The predicted octanol–water partition coefficient (Wildman–Crippen LogP) is 5.42. The van der Waals surface area contributed by atoms with Gasteiger partial charge in [0.2, 0.25) is 0 Å². The molecular formula is C16H12Cl2N2OS2. The number of benzene rings is 1. The lowest BCUT2D eigenvalue weighted by Crippen LogP contribution is -2.23. The summed E-state index contributed by atoms with van der Waals surface area (Å²) in [5.74, 6) is -0.225. The molecule has 0 bridgehead atoms. The molecule has 3 aromatic rings. The molecule has 23 heavy (non-hydrogen) atoms. The second kappa shape index (κ2) is 7.01. The lowest BCUT2D eigenvalue weighted by Gasteiger charge is -2.06. The van der Waals surface area contributed by atoms with Crippen LogP contribution < -0.4 is 5.32 Å². The zero-order valence-corrected chi connectivity index (χ0v) is 15.2. The van der Waals surface area contributed by atoms with Gasteiger partial charge in [0, 0.05) is 9.90 Å².